The lowest BCUT2D eigenvalue weighted by Gasteiger charge is -2.15. The van der Waals surface area contributed by atoms with Gasteiger partial charge >= 0.3 is 0 Å². The van der Waals surface area contributed by atoms with Crippen LogP contribution in [0, 0.1) is 0 Å². The summed E-state index contributed by atoms with van der Waals surface area (Å²) in [6, 6.07) is 28.5. The van der Waals surface area contributed by atoms with E-state index in [1.807, 2.05) is 30.3 Å². The van der Waals surface area contributed by atoms with Crippen LogP contribution in [0.5, 0.6) is 11.5 Å². The zero-order chi connectivity index (χ0) is 23.5. The maximum Gasteiger partial charge on any atom is 0.282 e. The highest BCUT2D eigenvalue weighted by Crippen LogP contribution is 2.35. The van der Waals surface area contributed by atoms with E-state index >= 15 is 0 Å². The number of nitrogens with one attached hydrogen (secondary N) is 1. The van der Waals surface area contributed by atoms with Crippen molar-refractivity contribution in [2.45, 2.75) is 6.61 Å². The molecule has 6 heteroatoms. The fourth-order valence-electron chi connectivity index (χ4n) is 4.00. The number of nitrogens with zero attached hydrogens (tertiary/aromatic N) is 1. The van der Waals surface area contributed by atoms with Crippen LogP contribution in [0.2, 0.25) is 0 Å². The summed E-state index contributed by atoms with van der Waals surface area (Å²) in [5, 5.41) is 3.47. The average Bonchev–Trinajstić information content (AvgIpc) is 3.16. The predicted molar refractivity (Wildman–Crippen MR) is 131 cm³/mol. The average molecular weight is 450 g/mol. The number of carbonyl (C=O) groups excluding carboxylic acids is 2. The van der Waals surface area contributed by atoms with E-state index in [0.29, 0.717) is 29.4 Å². The van der Waals surface area contributed by atoms with Gasteiger partial charge in [0.05, 0.1) is 12.8 Å². The first-order valence-electron chi connectivity index (χ1n) is 10.8. The third kappa shape index (κ3) is 3.97. The molecule has 4 aromatic rings. The maximum atomic E-state index is 13.0. The van der Waals surface area contributed by atoms with Crippen LogP contribution in [-0.4, -0.2) is 18.9 Å². The van der Waals surface area contributed by atoms with Crippen LogP contribution < -0.4 is 19.9 Å². The Bertz CT molecular complexity index is 1410. The molecule has 0 aliphatic carbocycles. The number of hydrazine groups is 1. The number of carbonyl (C=O) groups is 2. The molecule has 0 radical (unpaired) electrons. The van der Waals surface area contributed by atoms with Gasteiger partial charge in [-0.1, -0.05) is 72.8 Å². The van der Waals surface area contributed by atoms with Gasteiger partial charge in [-0.15, -0.1) is 0 Å². The topological polar surface area (TPSA) is 67.9 Å². The number of hydrogen-bond acceptors (Lipinski definition) is 4. The summed E-state index contributed by atoms with van der Waals surface area (Å²) < 4.78 is 11.7. The zero-order valence-electron chi connectivity index (χ0n) is 18.5. The molecular formula is C28H22N2O4. The van der Waals surface area contributed by atoms with Crippen molar-refractivity contribution in [3.8, 4) is 11.5 Å². The lowest BCUT2D eigenvalue weighted by Crippen LogP contribution is -2.35. The van der Waals surface area contributed by atoms with E-state index in [2.05, 4.69) is 23.6 Å². The van der Waals surface area contributed by atoms with E-state index in [1.165, 1.54) is 5.01 Å². The van der Waals surface area contributed by atoms with Crippen molar-refractivity contribution in [1.82, 2.24) is 5.43 Å². The third-order valence-corrected chi connectivity index (χ3v) is 5.69. The molecule has 1 saturated heterocycles. The number of benzene rings is 4. The Labute approximate surface area is 197 Å². The Hall–Kier alpha value is -4.58. The van der Waals surface area contributed by atoms with Crippen molar-refractivity contribution in [1.29, 1.82) is 0 Å². The van der Waals surface area contributed by atoms with Crippen LogP contribution >= 0.6 is 0 Å². The summed E-state index contributed by atoms with van der Waals surface area (Å²) in [6.07, 6.45) is 1.54. The molecular weight excluding hydrogens is 428 g/mol. The molecule has 0 bridgehead atoms. The van der Waals surface area contributed by atoms with E-state index in [1.54, 1.807) is 55.7 Å². The summed E-state index contributed by atoms with van der Waals surface area (Å²) in [6.45, 7) is 0.300. The molecule has 2 amide bonds. The van der Waals surface area contributed by atoms with Gasteiger partial charge in [-0.05, 0) is 40.6 Å². The number of para-hydroxylation sites is 2. The summed E-state index contributed by atoms with van der Waals surface area (Å²) in [4.78, 5) is 25.7. The van der Waals surface area contributed by atoms with Crippen LogP contribution in [0.4, 0.5) is 5.69 Å². The number of amides is 2. The Kier molecular flexibility index (Phi) is 5.70. The quantitative estimate of drug-likeness (QED) is 0.336. The largest absolute Gasteiger partial charge is 0.493 e. The van der Waals surface area contributed by atoms with Gasteiger partial charge in [0.25, 0.3) is 11.8 Å². The minimum atomic E-state index is -0.475. The molecule has 168 valence electrons. The molecule has 0 aromatic heterocycles. The Morgan fingerprint density at radius 3 is 2.41 bits per heavy atom. The Morgan fingerprint density at radius 2 is 1.59 bits per heavy atom. The highest BCUT2D eigenvalue weighted by atomic mass is 16.5. The van der Waals surface area contributed by atoms with Gasteiger partial charge in [-0.25, -0.2) is 5.01 Å². The van der Waals surface area contributed by atoms with Crippen LogP contribution in [-0.2, 0) is 16.2 Å². The van der Waals surface area contributed by atoms with Crippen molar-refractivity contribution in [2.24, 2.45) is 0 Å². The second-order valence-corrected chi connectivity index (χ2v) is 7.78. The summed E-state index contributed by atoms with van der Waals surface area (Å²) in [5.41, 5.74) is 4.82. The molecule has 1 aliphatic rings. The molecule has 1 fully saturated rings. The van der Waals surface area contributed by atoms with E-state index in [9.17, 15) is 9.59 Å². The highest BCUT2D eigenvalue weighted by Gasteiger charge is 2.34. The van der Waals surface area contributed by atoms with E-state index in [-0.39, 0.29) is 5.57 Å². The van der Waals surface area contributed by atoms with E-state index < -0.39 is 11.8 Å². The van der Waals surface area contributed by atoms with Gasteiger partial charge in [0, 0.05) is 5.56 Å². The fourth-order valence-corrected chi connectivity index (χ4v) is 4.00. The van der Waals surface area contributed by atoms with Crippen LogP contribution in [0.3, 0.4) is 0 Å². The van der Waals surface area contributed by atoms with Gasteiger partial charge in [0.1, 0.15) is 12.2 Å². The zero-order valence-corrected chi connectivity index (χ0v) is 18.5. The van der Waals surface area contributed by atoms with Crippen molar-refractivity contribution in [2.75, 3.05) is 12.1 Å². The number of hydrogen-bond donors (Lipinski definition) is 1. The molecule has 1 aliphatic heterocycles. The lowest BCUT2D eigenvalue weighted by molar-refractivity contribution is -0.117. The van der Waals surface area contributed by atoms with Crippen LogP contribution in [0.25, 0.3) is 16.8 Å². The normalized spacial score (nSPS) is 14.5. The molecule has 0 saturated carbocycles. The minimum absolute atomic E-state index is 0.0205. The Morgan fingerprint density at radius 1 is 0.853 bits per heavy atom. The molecule has 0 atom stereocenters. The summed E-state index contributed by atoms with van der Waals surface area (Å²) in [5.74, 6) is 0.0697. The first-order valence-corrected chi connectivity index (χ1v) is 10.8. The maximum absolute atomic E-state index is 13.0. The molecule has 4 aromatic carbocycles. The Balaban J connectivity index is 1.48. The SMILES string of the molecule is COc1cccc(C=C2C(=O)NN(c3ccccc3)C2=O)c1OCc1cccc2ccccc12. The number of ether oxygens (including phenoxy) is 2. The number of rotatable bonds is 6. The molecule has 34 heavy (non-hydrogen) atoms. The molecule has 0 unspecified atom stereocenters. The summed E-state index contributed by atoms with van der Waals surface area (Å²) in [7, 11) is 1.56. The second kappa shape index (κ2) is 9.11. The first kappa shape index (κ1) is 21.3. The second-order valence-electron chi connectivity index (χ2n) is 7.78. The number of methoxy groups -OCH3 is 1. The van der Waals surface area contributed by atoms with Crippen LogP contribution in [0.1, 0.15) is 11.1 Å². The van der Waals surface area contributed by atoms with Gasteiger partial charge in [0.2, 0.25) is 0 Å². The van der Waals surface area contributed by atoms with Gasteiger partial charge < -0.3 is 9.47 Å². The standard InChI is InChI=1S/C28H22N2O4/c1-33-25-16-8-11-20(17-24-27(31)29-30(28(24)32)22-13-3-2-4-14-22)26(25)34-18-21-12-7-10-19-9-5-6-15-23(19)21/h2-17H,18H2,1H3,(H,29,31). The predicted octanol–water partition coefficient (Wildman–Crippen LogP) is 4.89. The first-order chi connectivity index (χ1) is 16.7. The highest BCUT2D eigenvalue weighted by molar-refractivity contribution is 6.31. The molecule has 1 heterocycles. The van der Waals surface area contributed by atoms with Crippen molar-refractivity contribution in [3.63, 3.8) is 0 Å². The molecule has 5 rings (SSSR count). The van der Waals surface area contributed by atoms with Gasteiger partial charge in [-0.2, -0.15) is 0 Å². The summed E-state index contributed by atoms with van der Waals surface area (Å²) >= 11 is 0. The number of fused-ring (bicyclic) bond motifs is 1. The van der Waals surface area contributed by atoms with Crippen LogP contribution in [0.15, 0.2) is 96.6 Å². The van der Waals surface area contributed by atoms with Gasteiger partial charge in [0.15, 0.2) is 11.5 Å². The van der Waals surface area contributed by atoms with E-state index in [4.69, 9.17) is 9.47 Å². The third-order valence-electron chi connectivity index (χ3n) is 5.69. The lowest BCUT2D eigenvalue weighted by atomic mass is 10.1. The minimum Gasteiger partial charge on any atom is -0.493 e. The van der Waals surface area contributed by atoms with Crippen molar-refractivity contribution in [3.05, 3.63) is 108 Å². The van der Waals surface area contributed by atoms with Crippen molar-refractivity contribution >= 4 is 34.4 Å². The van der Waals surface area contributed by atoms with Gasteiger partial charge in [-0.3, -0.25) is 15.0 Å². The van der Waals surface area contributed by atoms with Crippen molar-refractivity contribution < 1.29 is 19.1 Å². The molecule has 6 nitrogen and oxygen atoms in total. The fraction of sp³-hybridized carbons (Fsp3) is 0.0714. The molecule has 1 N–H and O–H groups in total. The monoisotopic (exact) mass is 450 g/mol. The number of anilines is 1. The molecule has 0 spiro atoms. The van der Waals surface area contributed by atoms with E-state index in [0.717, 1.165) is 16.3 Å². The smallest absolute Gasteiger partial charge is 0.282 e.